The summed E-state index contributed by atoms with van der Waals surface area (Å²) in [6, 6.07) is 6.02. The summed E-state index contributed by atoms with van der Waals surface area (Å²) in [6.07, 6.45) is 3.28. The van der Waals surface area contributed by atoms with Crippen molar-refractivity contribution in [2.45, 2.75) is 35.9 Å². The molecule has 1 unspecified atom stereocenters. The Balaban J connectivity index is 2.23. The molecule has 6 heteroatoms. The Morgan fingerprint density at radius 2 is 2.33 bits per heavy atom. The Morgan fingerprint density at radius 3 is 3.00 bits per heavy atom. The van der Waals surface area contributed by atoms with E-state index in [1.54, 1.807) is 0 Å². The fraction of sp³-hybridized carbons (Fsp3) is 0.333. The van der Waals surface area contributed by atoms with Crippen LogP contribution < -0.4 is 5.73 Å². The van der Waals surface area contributed by atoms with Crippen molar-refractivity contribution in [1.29, 1.82) is 0 Å². The molecular formula is C12H15ClN4S. The molecule has 2 rings (SSSR count). The number of nitrogens with two attached hydrogens (primary N) is 1. The van der Waals surface area contributed by atoms with Gasteiger partial charge in [-0.05, 0) is 30.5 Å². The van der Waals surface area contributed by atoms with Crippen LogP contribution in [0.4, 0.5) is 0 Å². The van der Waals surface area contributed by atoms with Crippen LogP contribution in [0.25, 0.3) is 0 Å². The maximum absolute atomic E-state index is 6.04. The van der Waals surface area contributed by atoms with Crippen LogP contribution in [0, 0.1) is 0 Å². The van der Waals surface area contributed by atoms with E-state index in [1.165, 1.54) is 23.7 Å². The molecule has 18 heavy (non-hydrogen) atoms. The van der Waals surface area contributed by atoms with Gasteiger partial charge in [0.05, 0.1) is 0 Å². The lowest BCUT2D eigenvalue weighted by atomic mass is 10.1. The number of nitrogens with one attached hydrogen (secondary N) is 1. The number of nitrogens with zero attached hydrogens (tertiary/aromatic N) is 2. The van der Waals surface area contributed by atoms with Crippen molar-refractivity contribution in [2.24, 2.45) is 5.73 Å². The van der Waals surface area contributed by atoms with Gasteiger partial charge < -0.3 is 5.73 Å². The zero-order chi connectivity index (χ0) is 13.0. The van der Waals surface area contributed by atoms with Crippen LogP contribution in [0.2, 0.25) is 5.02 Å². The van der Waals surface area contributed by atoms with Crippen LogP contribution in [0.1, 0.15) is 18.9 Å². The third-order valence-electron chi connectivity index (χ3n) is 2.64. The van der Waals surface area contributed by atoms with Gasteiger partial charge in [-0.2, -0.15) is 5.10 Å². The minimum absolute atomic E-state index is 0.167. The summed E-state index contributed by atoms with van der Waals surface area (Å²) in [4.78, 5) is 5.18. The summed E-state index contributed by atoms with van der Waals surface area (Å²) < 4.78 is 0. The zero-order valence-corrected chi connectivity index (χ0v) is 11.6. The molecule has 1 heterocycles. The molecule has 0 bridgehead atoms. The van der Waals surface area contributed by atoms with Crippen molar-refractivity contribution >= 4 is 23.4 Å². The minimum Gasteiger partial charge on any atom is -0.327 e. The maximum atomic E-state index is 6.04. The predicted molar refractivity (Wildman–Crippen MR) is 73.9 cm³/mol. The Bertz CT molecular complexity index is 501. The quantitative estimate of drug-likeness (QED) is 0.885. The molecule has 0 saturated heterocycles. The van der Waals surface area contributed by atoms with Gasteiger partial charge in [-0.3, -0.25) is 5.10 Å². The summed E-state index contributed by atoms with van der Waals surface area (Å²) in [5.41, 5.74) is 7.20. The van der Waals surface area contributed by atoms with Crippen LogP contribution in [-0.4, -0.2) is 21.2 Å². The van der Waals surface area contributed by atoms with Crippen LogP contribution in [-0.2, 0) is 6.42 Å². The molecule has 3 N–H and O–H groups in total. The van der Waals surface area contributed by atoms with E-state index in [-0.39, 0.29) is 6.04 Å². The number of hydrogen-bond acceptors (Lipinski definition) is 4. The molecule has 1 aromatic heterocycles. The molecule has 0 amide bonds. The number of hydrogen-bond donors (Lipinski definition) is 2. The highest BCUT2D eigenvalue weighted by molar-refractivity contribution is 7.99. The third-order valence-corrected chi connectivity index (χ3v) is 3.86. The molecule has 0 spiro atoms. The van der Waals surface area contributed by atoms with Gasteiger partial charge in [0.2, 0.25) is 0 Å². The Hall–Kier alpha value is -1.04. The first kappa shape index (κ1) is 13.4. The molecule has 0 aliphatic heterocycles. The third kappa shape index (κ3) is 3.48. The van der Waals surface area contributed by atoms with E-state index in [2.05, 4.69) is 22.1 Å². The summed E-state index contributed by atoms with van der Waals surface area (Å²) in [5, 5.41) is 8.13. The van der Waals surface area contributed by atoms with E-state index in [0.29, 0.717) is 5.02 Å². The number of rotatable bonds is 5. The van der Waals surface area contributed by atoms with Crippen LogP contribution in [0.3, 0.4) is 0 Å². The summed E-state index contributed by atoms with van der Waals surface area (Å²) >= 11 is 7.55. The maximum Gasteiger partial charge on any atom is 0.188 e. The van der Waals surface area contributed by atoms with Crippen LogP contribution >= 0.6 is 23.4 Å². The number of halogens is 1. The van der Waals surface area contributed by atoms with Gasteiger partial charge in [0.1, 0.15) is 6.33 Å². The molecule has 0 aliphatic rings. The van der Waals surface area contributed by atoms with E-state index >= 15 is 0 Å². The van der Waals surface area contributed by atoms with E-state index in [0.717, 1.165) is 22.9 Å². The van der Waals surface area contributed by atoms with Crippen LogP contribution in [0.5, 0.6) is 0 Å². The molecular weight excluding hydrogens is 268 g/mol. The number of aromatic amines is 1. The summed E-state index contributed by atoms with van der Waals surface area (Å²) in [5.74, 6) is 0. The van der Waals surface area contributed by atoms with Gasteiger partial charge in [0.25, 0.3) is 0 Å². The second-order valence-corrected chi connectivity index (χ2v) is 5.48. The van der Waals surface area contributed by atoms with Gasteiger partial charge in [-0.1, -0.05) is 36.4 Å². The van der Waals surface area contributed by atoms with E-state index in [1.807, 2.05) is 18.2 Å². The highest BCUT2D eigenvalue weighted by Gasteiger charge is 2.10. The van der Waals surface area contributed by atoms with E-state index < -0.39 is 0 Å². The van der Waals surface area contributed by atoms with E-state index in [4.69, 9.17) is 17.3 Å². The van der Waals surface area contributed by atoms with Gasteiger partial charge in [0.15, 0.2) is 5.16 Å². The number of benzene rings is 1. The van der Waals surface area contributed by atoms with Crippen molar-refractivity contribution in [3.05, 3.63) is 35.1 Å². The van der Waals surface area contributed by atoms with Gasteiger partial charge >= 0.3 is 0 Å². The average molecular weight is 283 g/mol. The fourth-order valence-electron chi connectivity index (χ4n) is 1.57. The summed E-state index contributed by atoms with van der Waals surface area (Å²) in [6.45, 7) is 2.09. The highest BCUT2D eigenvalue weighted by atomic mass is 35.5. The lowest BCUT2D eigenvalue weighted by Crippen LogP contribution is -2.21. The molecule has 0 radical (unpaired) electrons. The van der Waals surface area contributed by atoms with Crippen molar-refractivity contribution in [1.82, 2.24) is 15.2 Å². The van der Waals surface area contributed by atoms with Crippen molar-refractivity contribution < 1.29 is 0 Å². The Morgan fingerprint density at radius 1 is 1.50 bits per heavy atom. The second kappa shape index (κ2) is 6.22. The molecule has 0 fully saturated rings. The molecule has 0 aliphatic carbocycles. The first-order valence-corrected chi connectivity index (χ1v) is 6.95. The fourth-order valence-corrected chi connectivity index (χ4v) is 2.68. The zero-order valence-electron chi connectivity index (χ0n) is 10.1. The first-order valence-electron chi connectivity index (χ1n) is 5.76. The monoisotopic (exact) mass is 282 g/mol. The molecule has 2 aromatic rings. The standard InChI is InChI=1S/C12H15ClN4S/c1-2-10(14)5-8-3-4-9(13)6-11(8)18-12-15-7-16-17-12/h3-4,6-7,10H,2,5,14H2,1H3,(H,15,16,17). The van der Waals surface area contributed by atoms with Crippen molar-refractivity contribution in [3.63, 3.8) is 0 Å². The van der Waals surface area contributed by atoms with Crippen LogP contribution in [0.15, 0.2) is 34.6 Å². The van der Waals surface area contributed by atoms with Gasteiger partial charge in [-0.15, -0.1) is 0 Å². The number of H-pyrrole nitrogens is 1. The molecule has 96 valence electrons. The van der Waals surface area contributed by atoms with E-state index in [9.17, 15) is 0 Å². The Labute approximate surface area is 115 Å². The lowest BCUT2D eigenvalue weighted by molar-refractivity contribution is 0.641. The normalized spacial score (nSPS) is 12.6. The lowest BCUT2D eigenvalue weighted by Gasteiger charge is -2.12. The predicted octanol–water partition coefficient (Wildman–Crippen LogP) is 2.89. The summed E-state index contributed by atoms with van der Waals surface area (Å²) in [7, 11) is 0. The topological polar surface area (TPSA) is 67.6 Å². The molecule has 1 aromatic carbocycles. The average Bonchev–Trinajstić information content (AvgIpc) is 2.85. The smallest absolute Gasteiger partial charge is 0.188 e. The SMILES string of the molecule is CCC(N)Cc1ccc(Cl)cc1Sc1ncn[nH]1. The van der Waals surface area contributed by atoms with Gasteiger partial charge in [0, 0.05) is 16.0 Å². The largest absolute Gasteiger partial charge is 0.327 e. The first-order chi connectivity index (χ1) is 8.69. The molecule has 0 saturated carbocycles. The minimum atomic E-state index is 0.167. The van der Waals surface area contributed by atoms with Crippen molar-refractivity contribution in [3.8, 4) is 0 Å². The number of aromatic nitrogens is 3. The van der Waals surface area contributed by atoms with Crippen molar-refractivity contribution in [2.75, 3.05) is 0 Å². The van der Waals surface area contributed by atoms with Gasteiger partial charge in [-0.25, -0.2) is 4.98 Å². The highest BCUT2D eigenvalue weighted by Crippen LogP contribution is 2.30. The Kier molecular flexibility index (Phi) is 4.63. The molecule has 1 atom stereocenters. The second-order valence-electron chi connectivity index (χ2n) is 4.02. The molecule has 4 nitrogen and oxygen atoms in total.